The van der Waals surface area contributed by atoms with E-state index in [2.05, 4.69) is 29.1 Å². The molecule has 1 aliphatic rings. The fourth-order valence-electron chi connectivity index (χ4n) is 2.52. The maximum absolute atomic E-state index is 9.70. The Labute approximate surface area is 114 Å². The Hall–Kier alpha value is -0.450. The maximum Gasteiger partial charge on any atom is 0.0954 e. The van der Waals surface area contributed by atoms with E-state index >= 15 is 0 Å². The van der Waals surface area contributed by atoms with Crippen molar-refractivity contribution >= 4 is 11.3 Å². The van der Waals surface area contributed by atoms with Gasteiger partial charge in [0.2, 0.25) is 0 Å². The SMILES string of the molecule is CC(C)c1nc(CN2CCCC(C(C)O)C2)cs1. The molecule has 1 aromatic heterocycles. The highest BCUT2D eigenvalue weighted by atomic mass is 32.1. The third kappa shape index (κ3) is 3.53. The van der Waals surface area contributed by atoms with Crippen molar-refractivity contribution in [1.29, 1.82) is 0 Å². The molecule has 0 bridgehead atoms. The first-order valence-corrected chi connectivity index (χ1v) is 7.79. The lowest BCUT2D eigenvalue weighted by Gasteiger charge is -2.33. The molecule has 0 saturated carbocycles. The highest BCUT2D eigenvalue weighted by Gasteiger charge is 2.23. The van der Waals surface area contributed by atoms with E-state index in [1.54, 1.807) is 11.3 Å². The number of aromatic nitrogens is 1. The van der Waals surface area contributed by atoms with Gasteiger partial charge in [0.1, 0.15) is 0 Å². The number of nitrogens with zero attached hydrogens (tertiary/aromatic N) is 2. The molecule has 0 radical (unpaired) electrons. The minimum atomic E-state index is -0.186. The smallest absolute Gasteiger partial charge is 0.0954 e. The van der Waals surface area contributed by atoms with E-state index in [0.717, 1.165) is 26.1 Å². The molecule has 1 aliphatic heterocycles. The topological polar surface area (TPSA) is 36.4 Å². The fourth-order valence-corrected chi connectivity index (χ4v) is 3.34. The summed E-state index contributed by atoms with van der Waals surface area (Å²) in [4.78, 5) is 7.12. The predicted molar refractivity (Wildman–Crippen MR) is 75.9 cm³/mol. The van der Waals surface area contributed by atoms with Gasteiger partial charge in [0.15, 0.2) is 0 Å². The van der Waals surface area contributed by atoms with Crippen LogP contribution in [-0.4, -0.2) is 34.2 Å². The van der Waals surface area contributed by atoms with E-state index in [1.807, 2.05) is 6.92 Å². The van der Waals surface area contributed by atoms with Gasteiger partial charge in [-0.25, -0.2) is 4.98 Å². The summed E-state index contributed by atoms with van der Waals surface area (Å²) in [5, 5.41) is 13.1. The summed E-state index contributed by atoms with van der Waals surface area (Å²) in [5.74, 6) is 0.956. The molecule has 0 spiro atoms. The third-order valence-corrected chi connectivity index (χ3v) is 4.87. The van der Waals surface area contributed by atoms with Crippen molar-refractivity contribution in [3.05, 3.63) is 16.1 Å². The number of piperidine rings is 1. The van der Waals surface area contributed by atoms with E-state index in [4.69, 9.17) is 0 Å². The maximum atomic E-state index is 9.70. The van der Waals surface area contributed by atoms with Gasteiger partial charge in [-0.2, -0.15) is 0 Å². The first kappa shape index (κ1) is 14.0. The molecular formula is C14H24N2OS. The number of hydrogen-bond donors (Lipinski definition) is 1. The van der Waals surface area contributed by atoms with Gasteiger partial charge in [-0.15, -0.1) is 11.3 Å². The summed E-state index contributed by atoms with van der Waals surface area (Å²) in [6, 6.07) is 0. The number of rotatable bonds is 4. The van der Waals surface area contributed by atoms with E-state index < -0.39 is 0 Å². The summed E-state index contributed by atoms with van der Waals surface area (Å²) in [5.41, 5.74) is 1.19. The lowest BCUT2D eigenvalue weighted by Crippen LogP contribution is -2.39. The zero-order chi connectivity index (χ0) is 13.1. The second kappa shape index (κ2) is 6.13. The van der Waals surface area contributed by atoms with E-state index in [-0.39, 0.29) is 6.10 Å². The standard InChI is InChI=1S/C14H24N2OS/c1-10(2)14-15-13(9-18-14)8-16-6-4-5-12(7-16)11(3)17/h9-12,17H,4-8H2,1-3H3. The highest BCUT2D eigenvalue weighted by molar-refractivity contribution is 7.09. The van der Waals surface area contributed by atoms with Crippen LogP contribution in [0.15, 0.2) is 5.38 Å². The Balaban J connectivity index is 1.92. The molecule has 0 amide bonds. The molecular weight excluding hydrogens is 244 g/mol. The van der Waals surface area contributed by atoms with Crippen molar-refractivity contribution in [3.63, 3.8) is 0 Å². The number of thiazole rings is 1. The van der Waals surface area contributed by atoms with Crippen LogP contribution in [0.5, 0.6) is 0 Å². The van der Waals surface area contributed by atoms with Gasteiger partial charge in [0.05, 0.1) is 16.8 Å². The summed E-state index contributed by atoms with van der Waals surface area (Å²) < 4.78 is 0. The van der Waals surface area contributed by atoms with Crippen LogP contribution in [0.1, 0.15) is 50.2 Å². The number of aliphatic hydroxyl groups excluding tert-OH is 1. The van der Waals surface area contributed by atoms with Crippen LogP contribution >= 0.6 is 11.3 Å². The normalized spacial score (nSPS) is 23.5. The van der Waals surface area contributed by atoms with Gasteiger partial charge in [0, 0.05) is 24.4 Å². The van der Waals surface area contributed by atoms with Crippen molar-refractivity contribution in [2.24, 2.45) is 5.92 Å². The summed E-state index contributed by atoms with van der Waals surface area (Å²) >= 11 is 1.77. The Morgan fingerprint density at radius 1 is 1.50 bits per heavy atom. The molecule has 1 saturated heterocycles. The highest BCUT2D eigenvalue weighted by Crippen LogP contribution is 2.23. The van der Waals surface area contributed by atoms with Crippen LogP contribution in [0.2, 0.25) is 0 Å². The van der Waals surface area contributed by atoms with Crippen LogP contribution in [0.4, 0.5) is 0 Å². The molecule has 0 aliphatic carbocycles. The second-order valence-electron chi connectivity index (χ2n) is 5.71. The van der Waals surface area contributed by atoms with Crippen LogP contribution in [0, 0.1) is 5.92 Å². The minimum Gasteiger partial charge on any atom is -0.393 e. The fraction of sp³-hybridized carbons (Fsp3) is 0.786. The Morgan fingerprint density at radius 3 is 2.89 bits per heavy atom. The van der Waals surface area contributed by atoms with Crippen LogP contribution in [0.25, 0.3) is 0 Å². The molecule has 0 aromatic carbocycles. The average Bonchev–Trinajstić information content (AvgIpc) is 2.78. The molecule has 2 atom stereocenters. The predicted octanol–water partition coefficient (Wildman–Crippen LogP) is 2.86. The van der Waals surface area contributed by atoms with E-state index in [1.165, 1.54) is 17.1 Å². The zero-order valence-corrected chi connectivity index (χ0v) is 12.4. The Kier molecular flexibility index (Phi) is 4.76. The van der Waals surface area contributed by atoms with Crippen molar-refractivity contribution in [3.8, 4) is 0 Å². The van der Waals surface area contributed by atoms with Crippen molar-refractivity contribution in [2.75, 3.05) is 13.1 Å². The Morgan fingerprint density at radius 2 is 2.28 bits per heavy atom. The number of likely N-dealkylation sites (tertiary alicyclic amines) is 1. The van der Waals surface area contributed by atoms with E-state index in [9.17, 15) is 5.11 Å². The monoisotopic (exact) mass is 268 g/mol. The lowest BCUT2D eigenvalue weighted by molar-refractivity contribution is 0.0595. The summed E-state index contributed by atoms with van der Waals surface area (Å²) in [6.07, 6.45) is 2.16. The van der Waals surface area contributed by atoms with E-state index in [0.29, 0.717) is 11.8 Å². The summed E-state index contributed by atoms with van der Waals surface area (Å²) in [6.45, 7) is 9.37. The third-order valence-electron chi connectivity index (χ3n) is 3.67. The van der Waals surface area contributed by atoms with Crippen LogP contribution < -0.4 is 0 Å². The van der Waals surface area contributed by atoms with Crippen molar-refractivity contribution in [1.82, 2.24) is 9.88 Å². The van der Waals surface area contributed by atoms with Crippen molar-refractivity contribution in [2.45, 2.75) is 52.2 Å². The molecule has 2 rings (SSSR count). The molecule has 1 fully saturated rings. The van der Waals surface area contributed by atoms with Crippen LogP contribution in [-0.2, 0) is 6.54 Å². The van der Waals surface area contributed by atoms with Gasteiger partial charge in [0.25, 0.3) is 0 Å². The molecule has 3 nitrogen and oxygen atoms in total. The second-order valence-corrected chi connectivity index (χ2v) is 6.60. The van der Waals surface area contributed by atoms with Gasteiger partial charge in [-0.05, 0) is 32.2 Å². The van der Waals surface area contributed by atoms with Gasteiger partial charge in [-0.3, -0.25) is 4.90 Å². The molecule has 18 heavy (non-hydrogen) atoms. The molecule has 2 unspecified atom stereocenters. The van der Waals surface area contributed by atoms with Crippen molar-refractivity contribution < 1.29 is 5.11 Å². The quantitative estimate of drug-likeness (QED) is 0.912. The largest absolute Gasteiger partial charge is 0.393 e. The minimum absolute atomic E-state index is 0.186. The molecule has 102 valence electrons. The lowest BCUT2D eigenvalue weighted by atomic mass is 9.93. The molecule has 1 aromatic rings. The average molecular weight is 268 g/mol. The molecule has 4 heteroatoms. The molecule has 2 heterocycles. The van der Waals surface area contributed by atoms with Gasteiger partial charge < -0.3 is 5.11 Å². The summed E-state index contributed by atoms with van der Waals surface area (Å²) in [7, 11) is 0. The first-order valence-electron chi connectivity index (χ1n) is 6.91. The Bertz CT molecular complexity index is 376. The molecule has 1 N–H and O–H groups in total. The number of hydrogen-bond acceptors (Lipinski definition) is 4. The zero-order valence-electron chi connectivity index (χ0n) is 11.6. The van der Waals surface area contributed by atoms with Crippen LogP contribution in [0.3, 0.4) is 0 Å². The number of aliphatic hydroxyl groups is 1. The first-order chi connectivity index (χ1) is 8.56. The van der Waals surface area contributed by atoms with Gasteiger partial charge in [-0.1, -0.05) is 13.8 Å². The van der Waals surface area contributed by atoms with Gasteiger partial charge >= 0.3 is 0 Å².